The summed E-state index contributed by atoms with van der Waals surface area (Å²) >= 11 is 7.68. The number of hydrogen-bond acceptors (Lipinski definition) is 3. The van der Waals surface area contributed by atoms with Gasteiger partial charge in [0.05, 0.1) is 0 Å². The lowest BCUT2D eigenvalue weighted by Gasteiger charge is -2.20. The van der Waals surface area contributed by atoms with Crippen molar-refractivity contribution in [3.63, 3.8) is 0 Å². The third kappa shape index (κ3) is 6.71. The molecule has 1 aromatic carbocycles. The molecule has 7 heteroatoms. The van der Waals surface area contributed by atoms with Crippen LogP contribution in [0.1, 0.15) is 19.3 Å². The van der Waals surface area contributed by atoms with Gasteiger partial charge in [-0.15, -0.1) is 0 Å². The highest BCUT2D eigenvalue weighted by atomic mass is 35.5. The van der Waals surface area contributed by atoms with Gasteiger partial charge in [-0.3, -0.25) is 4.79 Å². The third-order valence-corrected chi connectivity index (χ3v) is 4.79. The zero-order chi connectivity index (χ0) is 16.5. The van der Waals surface area contributed by atoms with Crippen molar-refractivity contribution in [3.05, 3.63) is 29.3 Å². The molecular formula is C16H22ClN3O2S. The van der Waals surface area contributed by atoms with E-state index in [1.807, 2.05) is 16.7 Å². The first kappa shape index (κ1) is 17.9. The van der Waals surface area contributed by atoms with Gasteiger partial charge in [0.15, 0.2) is 0 Å². The Kier molecular flexibility index (Phi) is 7.55. The lowest BCUT2D eigenvalue weighted by molar-refractivity contribution is -0.116. The second-order valence-corrected chi connectivity index (χ2v) is 7.00. The maximum atomic E-state index is 12.0. The highest BCUT2D eigenvalue weighted by molar-refractivity contribution is 7.99. The molecule has 23 heavy (non-hydrogen) atoms. The molecule has 3 amide bonds. The highest BCUT2D eigenvalue weighted by Gasteiger charge is 2.14. The Bertz CT molecular complexity index is 517. The normalized spacial score (nSPS) is 14.9. The summed E-state index contributed by atoms with van der Waals surface area (Å²) in [6, 6.07) is 6.97. The molecule has 1 fully saturated rings. The molecule has 2 N–H and O–H groups in total. The lowest BCUT2D eigenvalue weighted by Crippen LogP contribution is -2.41. The van der Waals surface area contributed by atoms with Gasteiger partial charge in [0.2, 0.25) is 5.91 Å². The Balaban J connectivity index is 1.61. The quantitative estimate of drug-likeness (QED) is 0.797. The zero-order valence-corrected chi connectivity index (χ0v) is 14.6. The number of carbonyl (C=O) groups is 2. The molecule has 1 heterocycles. The Morgan fingerprint density at radius 1 is 1.17 bits per heavy atom. The molecule has 1 aromatic rings. The Labute approximate surface area is 146 Å². The van der Waals surface area contributed by atoms with E-state index in [0.29, 0.717) is 24.4 Å². The van der Waals surface area contributed by atoms with Crippen molar-refractivity contribution < 1.29 is 9.59 Å². The number of thioether (sulfide) groups is 1. The van der Waals surface area contributed by atoms with Crippen molar-refractivity contribution >= 4 is 41.0 Å². The number of urea groups is 1. The number of hydrogen-bond donors (Lipinski definition) is 2. The maximum Gasteiger partial charge on any atom is 0.317 e. The lowest BCUT2D eigenvalue weighted by atomic mass is 10.2. The van der Waals surface area contributed by atoms with Gasteiger partial charge in [0.1, 0.15) is 0 Å². The van der Waals surface area contributed by atoms with Crippen LogP contribution in [0.15, 0.2) is 24.3 Å². The van der Waals surface area contributed by atoms with Crippen LogP contribution in [0.5, 0.6) is 0 Å². The number of nitrogens with one attached hydrogen (secondary N) is 2. The second-order valence-electron chi connectivity index (χ2n) is 5.34. The highest BCUT2D eigenvalue weighted by Crippen LogP contribution is 2.13. The number of carbonyl (C=O) groups excluding carboxylic acids is 2. The van der Waals surface area contributed by atoms with Gasteiger partial charge in [-0.25, -0.2) is 4.79 Å². The largest absolute Gasteiger partial charge is 0.338 e. The van der Waals surface area contributed by atoms with Crippen LogP contribution in [0.3, 0.4) is 0 Å². The first-order valence-electron chi connectivity index (χ1n) is 7.81. The molecule has 0 atom stereocenters. The predicted octanol–water partition coefficient (Wildman–Crippen LogP) is 3.21. The number of halogens is 1. The SMILES string of the molecule is O=C(CCCNC(=O)N1CCCSCC1)Nc1ccc(Cl)cc1. The topological polar surface area (TPSA) is 61.4 Å². The number of nitrogens with zero attached hydrogens (tertiary/aromatic N) is 1. The summed E-state index contributed by atoms with van der Waals surface area (Å²) in [6.45, 7) is 2.12. The smallest absolute Gasteiger partial charge is 0.317 e. The van der Waals surface area contributed by atoms with Crippen molar-refractivity contribution in [2.75, 3.05) is 36.5 Å². The number of rotatable bonds is 5. The molecule has 126 valence electrons. The fraction of sp³-hybridized carbons (Fsp3) is 0.500. The van der Waals surface area contributed by atoms with Crippen LogP contribution in [0.4, 0.5) is 10.5 Å². The number of benzene rings is 1. The van der Waals surface area contributed by atoms with Crippen LogP contribution in [-0.2, 0) is 4.79 Å². The first-order valence-corrected chi connectivity index (χ1v) is 9.34. The molecule has 1 aliphatic heterocycles. The van der Waals surface area contributed by atoms with Crippen LogP contribution in [0.25, 0.3) is 0 Å². The summed E-state index contributed by atoms with van der Waals surface area (Å²) < 4.78 is 0. The van der Waals surface area contributed by atoms with Gasteiger partial charge in [-0.05, 0) is 42.9 Å². The molecule has 2 rings (SSSR count). The monoisotopic (exact) mass is 355 g/mol. The Morgan fingerprint density at radius 3 is 2.74 bits per heavy atom. The average Bonchev–Trinajstić information content (AvgIpc) is 2.83. The van der Waals surface area contributed by atoms with Crippen molar-refractivity contribution in [2.45, 2.75) is 19.3 Å². The molecule has 1 aliphatic rings. The molecule has 0 aliphatic carbocycles. The molecule has 0 spiro atoms. The minimum absolute atomic E-state index is 0.0226. The van der Waals surface area contributed by atoms with Crippen LogP contribution >= 0.6 is 23.4 Å². The van der Waals surface area contributed by atoms with Gasteiger partial charge >= 0.3 is 6.03 Å². The van der Waals surface area contributed by atoms with Gasteiger partial charge in [-0.2, -0.15) is 11.8 Å². The summed E-state index contributed by atoms with van der Waals surface area (Å²) in [6.07, 6.45) is 2.04. The Hall–Kier alpha value is -1.40. The summed E-state index contributed by atoms with van der Waals surface area (Å²) in [5.74, 6) is 2.05. The number of anilines is 1. The molecule has 1 saturated heterocycles. The van der Waals surface area contributed by atoms with Crippen molar-refractivity contribution in [1.82, 2.24) is 10.2 Å². The molecule has 0 aromatic heterocycles. The van der Waals surface area contributed by atoms with Crippen LogP contribution < -0.4 is 10.6 Å². The van der Waals surface area contributed by atoms with E-state index in [4.69, 9.17) is 11.6 Å². The third-order valence-electron chi connectivity index (χ3n) is 3.49. The van der Waals surface area contributed by atoms with E-state index in [1.54, 1.807) is 24.3 Å². The van der Waals surface area contributed by atoms with E-state index >= 15 is 0 Å². The fourth-order valence-corrected chi connectivity index (χ4v) is 3.27. The van der Waals surface area contributed by atoms with Gasteiger partial charge in [0.25, 0.3) is 0 Å². The summed E-state index contributed by atoms with van der Waals surface area (Å²) in [7, 11) is 0. The van der Waals surface area contributed by atoms with Crippen LogP contribution in [0.2, 0.25) is 5.02 Å². The van der Waals surface area contributed by atoms with E-state index in [1.165, 1.54) is 0 Å². The minimum Gasteiger partial charge on any atom is -0.338 e. The molecular weight excluding hydrogens is 334 g/mol. The first-order chi connectivity index (χ1) is 11.1. The molecule has 0 saturated carbocycles. The van der Waals surface area contributed by atoms with Crippen LogP contribution in [0, 0.1) is 0 Å². The zero-order valence-electron chi connectivity index (χ0n) is 13.0. The molecule has 0 radical (unpaired) electrons. The Morgan fingerprint density at radius 2 is 1.96 bits per heavy atom. The molecule has 5 nitrogen and oxygen atoms in total. The predicted molar refractivity (Wildman–Crippen MR) is 96.2 cm³/mol. The van der Waals surface area contributed by atoms with Crippen LogP contribution in [-0.4, -0.2) is 48.0 Å². The van der Waals surface area contributed by atoms with E-state index in [9.17, 15) is 9.59 Å². The summed E-state index contributed by atoms with van der Waals surface area (Å²) in [5.41, 5.74) is 0.727. The van der Waals surface area contributed by atoms with E-state index in [0.717, 1.165) is 36.7 Å². The molecule has 0 unspecified atom stereocenters. The summed E-state index contributed by atoms with van der Waals surface area (Å²) in [5, 5.41) is 6.33. The average molecular weight is 356 g/mol. The molecule has 0 bridgehead atoms. The second kappa shape index (κ2) is 9.67. The minimum atomic E-state index is -0.0623. The van der Waals surface area contributed by atoms with E-state index < -0.39 is 0 Å². The van der Waals surface area contributed by atoms with Crippen molar-refractivity contribution in [3.8, 4) is 0 Å². The van der Waals surface area contributed by atoms with E-state index in [-0.39, 0.29) is 11.9 Å². The summed E-state index contributed by atoms with van der Waals surface area (Å²) in [4.78, 5) is 25.7. The van der Waals surface area contributed by atoms with Crippen molar-refractivity contribution in [1.29, 1.82) is 0 Å². The number of amides is 3. The van der Waals surface area contributed by atoms with Gasteiger partial charge < -0.3 is 15.5 Å². The maximum absolute atomic E-state index is 12.0. The van der Waals surface area contributed by atoms with E-state index in [2.05, 4.69) is 10.6 Å². The standard InChI is InChI=1S/C16H22ClN3O2S/c17-13-4-6-14(7-5-13)19-15(21)3-1-8-18-16(22)20-9-2-11-23-12-10-20/h4-7H,1-3,8-12H2,(H,18,22)(H,19,21). The fourth-order valence-electron chi connectivity index (χ4n) is 2.26. The van der Waals surface area contributed by atoms with Crippen molar-refractivity contribution in [2.24, 2.45) is 0 Å². The van der Waals surface area contributed by atoms with Gasteiger partial charge in [-0.1, -0.05) is 11.6 Å². The van der Waals surface area contributed by atoms with Gasteiger partial charge in [0, 0.05) is 42.5 Å².